The molecule has 0 spiro atoms. The van der Waals surface area contributed by atoms with E-state index in [1.807, 2.05) is 0 Å². The third-order valence-electron chi connectivity index (χ3n) is 3.52. The van der Waals surface area contributed by atoms with Crippen LogP contribution in [0, 0.1) is 0 Å². The molecule has 0 atom stereocenters. The van der Waals surface area contributed by atoms with Crippen molar-refractivity contribution in [2.75, 3.05) is 0 Å². The van der Waals surface area contributed by atoms with Gasteiger partial charge in [-0.25, -0.2) is 0 Å². The zero-order chi connectivity index (χ0) is 12.1. The number of rotatable bonds is 0. The summed E-state index contributed by atoms with van der Waals surface area (Å²) in [5, 5.41) is 0. The van der Waals surface area contributed by atoms with Crippen LogP contribution >= 0.6 is 0 Å². The van der Waals surface area contributed by atoms with Crippen LogP contribution < -0.4 is 0 Å². The van der Waals surface area contributed by atoms with Crippen molar-refractivity contribution in [3.05, 3.63) is 34.9 Å². The van der Waals surface area contributed by atoms with Gasteiger partial charge in [-0.15, -0.1) is 0 Å². The summed E-state index contributed by atoms with van der Waals surface area (Å²) in [5.74, 6) is 0.297. The van der Waals surface area contributed by atoms with E-state index in [0.717, 1.165) is 5.56 Å². The summed E-state index contributed by atoms with van der Waals surface area (Å²) < 4.78 is 0. The van der Waals surface area contributed by atoms with Crippen molar-refractivity contribution in [3.8, 4) is 0 Å². The van der Waals surface area contributed by atoms with Gasteiger partial charge >= 0.3 is 0 Å². The highest BCUT2D eigenvalue weighted by atomic mass is 16.1. The second kappa shape index (κ2) is 3.19. The lowest BCUT2D eigenvalue weighted by molar-refractivity contribution is 0.0979. The zero-order valence-electron chi connectivity index (χ0n) is 10.8. The van der Waals surface area contributed by atoms with Gasteiger partial charge in [0.15, 0.2) is 5.78 Å². The van der Waals surface area contributed by atoms with Gasteiger partial charge in [0, 0.05) is 12.0 Å². The molecule has 1 heteroatoms. The fraction of sp³-hybridized carbons (Fsp3) is 0.533. The van der Waals surface area contributed by atoms with Crippen LogP contribution in [0.4, 0.5) is 0 Å². The Kier molecular flexibility index (Phi) is 2.27. The fourth-order valence-electron chi connectivity index (χ4n) is 2.42. The summed E-state index contributed by atoms with van der Waals surface area (Å²) in [4.78, 5) is 12.0. The standard InChI is InChI=1S/C15H20O/c1-14(2,3)10-6-7-12-11(8-10)13(16)9-15(12,4)5/h6-8H,9H2,1-5H3. The summed E-state index contributed by atoms with van der Waals surface area (Å²) in [6.45, 7) is 10.8. The molecule has 0 unspecified atom stereocenters. The van der Waals surface area contributed by atoms with Crippen LogP contribution in [0.15, 0.2) is 18.2 Å². The van der Waals surface area contributed by atoms with Gasteiger partial charge in [-0.05, 0) is 28.0 Å². The van der Waals surface area contributed by atoms with Gasteiger partial charge in [0.1, 0.15) is 0 Å². The average Bonchev–Trinajstić information content (AvgIpc) is 2.36. The molecule has 1 aromatic rings. The number of Topliss-reactive ketones (excluding diaryl/α,β-unsaturated/α-hetero) is 1. The molecular weight excluding hydrogens is 196 g/mol. The molecule has 0 amide bonds. The highest BCUT2D eigenvalue weighted by Crippen LogP contribution is 2.39. The van der Waals surface area contributed by atoms with E-state index in [1.165, 1.54) is 11.1 Å². The zero-order valence-corrected chi connectivity index (χ0v) is 10.8. The molecular formula is C15H20O. The molecule has 16 heavy (non-hydrogen) atoms. The van der Waals surface area contributed by atoms with Crippen LogP contribution in [0.2, 0.25) is 0 Å². The second-order valence-corrected chi connectivity index (χ2v) is 6.49. The number of fused-ring (bicyclic) bond motifs is 1. The Morgan fingerprint density at radius 2 is 1.81 bits per heavy atom. The maximum atomic E-state index is 12.0. The van der Waals surface area contributed by atoms with Crippen molar-refractivity contribution in [3.63, 3.8) is 0 Å². The molecule has 0 fully saturated rings. The minimum Gasteiger partial charge on any atom is -0.294 e. The molecule has 1 aliphatic carbocycles. The van der Waals surface area contributed by atoms with Gasteiger partial charge in [-0.3, -0.25) is 4.79 Å². The molecule has 1 nitrogen and oxygen atoms in total. The van der Waals surface area contributed by atoms with E-state index in [4.69, 9.17) is 0 Å². The topological polar surface area (TPSA) is 17.1 Å². The Labute approximate surface area is 97.9 Å². The van der Waals surface area contributed by atoms with E-state index >= 15 is 0 Å². The maximum absolute atomic E-state index is 12.0. The van der Waals surface area contributed by atoms with Crippen molar-refractivity contribution in [1.29, 1.82) is 0 Å². The normalized spacial score (nSPS) is 18.7. The summed E-state index contributed by atoms with van der Waals surface area (Å²) in [7, 11) is 0. The van der Waals surface area contributed by atoms with Crippen molar-refractivity contribution in [2.45, 2.75) is 51.9 Å². The highest BCUT2D eigenvalue weighted by molar-refractivity contribution is 6.02. The van der Waals surface area contributed by atoms with Crippen LogP contribution in [-0.2, 0) is 10.8 Å². The van der Waals surface area contributed by atoms with Crippen molar-refractivity contribution in [2.24, 2.45) is 0 Å². The van der Waals surface area contributed by atoms with Crippen molar-refractivity contribution in [1.82, 2.24) is 0 Å². The molecule has 1 aromatic carbocycles. The number of hydrogen-bond donors (Lipinski definition) is 0. The lowest BCUT2D eigenvalue weighted by Gasteiger charge is -2.22. The predicted molar refractivity (Wildman–Crippen MR) is 67.1 cm³/mol. The van der Waals surface area contributed by atoms with Crippen LogP contribution in [0.5, 0.6) is 0 Å². The molecule has 0 heterocycles. The molecule has 0 saturated heterocycles. The molecule has 0 N–H and O–H groups in total. The van der Waals surface area contributed by atoms with Gasteiger partial charge < -0.3 is 0 Å². The monoisotopic (exact) mass is 216 g/mol. The number of carbonyl (C=O) groups is 1. The largest absolute Gasteiger partial charge is 0.294 e. The van der Waals surface area contributed by atoms with Crippen LogP contribution in [0.1, 0.15) is 62.5 Å². The molecule has 0 saturated carbocycles. The third-order valence-corrected chi connectivity index (χ3v) is 3.52. The first-order valence-electron chi connectivity index (χ1n) is 5.90. The van der Waals surface area contributed by atoms with E-state index in [-0.39, 0.29) is 10.8 Å². The Balaban J connectivity index is 2.57. The minimum absolute atomic E-state index is 0.0167. The molecule has 0 bridgehead atoms. The first kappa shape index (κ1) is 11.4. The van der Waals surface area contributed by atoms with E-state index in [0.29, 0.717) is 12.2 Å². The van der Waals surface area contributed by atoms with Crippen molar-refractivity contribution >= 4 is 5.78 Å². The minimum atomic E-state index is 0.0167. The maximum Gasteiger partial charge on any atom is 0.164 e. The van der Waals surface area contributed by atoms with E-state index in [2.05, 4.69) is 52.8 Å². The number of ketones is 1. The Morgan fingerprint density at radius 1 is 1.19 bits per heavy atom. The summed E-state index contributed by atoms with van der Waals surface area (Å²) in [6, 6.07) is 6.40. The SMILES string of the molecule is CC(C)(C)c1ccc2c(c1)C(=O)CC2(C)C. The quantitative estimate of drug-likeness (QED) is 0.644. The predicted octanol–water partition coefficient (Wildman–Crippen LogP) is 3.85. The third kappa shape index (κ3) is 1.68. The van der Waals surface area contributed by atoms with Gasteiger partial charge in [0.2, 0.25) is 0 Å². The molecule has 1 aliphatic rings. The molecule has 2 rings (SSSR count). The fourth-order valence-corrected chi connectivity index (χ4v) is 2.42. The Hall–Kier alpha value is -1.11. The Morgan fingerprint density at radius 3 is 2.38 bits per heavy atom. The second-order valence-electron chi connectivity index (χ2n) is 6.49. The smallest absolute Gasteiger partial charge is 0.164 e. The Bertz CT molecular complexity index is 447. The van der Waals surface area contributed by atoms with Gasteiger partial charge in [-0.1, -0.05) is 46.8 Å². The van der Waals surface area contributed by atoms with Crippen molar-refractivity contribution < 1.29 is 4.79 Å². The van der Waals surface area contributed by atoms with Gasteiger partial charge in [0.25, 0.3) is 0 Å². The summed E-state index contributed by atoms with van der Waals surface area (Å²) >= 11 is 0. The first-order chi connectivity index (χ1) is 7.22. The van der Waals surface area contributed by atoms with Gasteiger partial charge in [-0.2, -0.15) is 0 Å². The molecule has 0 aliphatic heterocycles. The lowest BCUT2D eigenvalue weighted by atomic mass is 9.82. The van der Waals surface area contributed by atoms with E-state index in [1.54, 1.807) is 0 Å². The number of benzene rings is 1. The summed E-state index contributed by atoms with van der Waals surface area (Å²) in [6.07, 6.45) is 0.649. The van der Waals surface area contributed by atoms with E-state index in [9.17, 15) is 4.79 Å². The lowest BCUT2D eigenvalue weighted by Crippen LogP contribution is -2.14. The highest BCUT2D eigenvalue weighted by Gasteiger charge is 2.36. The van der Waals surface area contributed by atoms with Crippen LogP contribution in [0.3, 0.4) is 0 Å². The van der Waals surface area contributed by atoms with Crippen LogP contribution in [-0.4, -0.2) is 5.78 Å². The van der Waals surface area contributed by atoms with E-state index < -0.39 is 0 Å². The first-order valence-corrected chi connectivity index (χ1v) is 5.90. The molecule has 86 valence electrons. The summed E-state index contributed by atoms with van der Waals surface area (Å²) in [5.41, 5.74) is 3.53. The number of hydrogen-bond acceptors (Lipinski definition) is 1. The molecule has 0 aromatic heterocycles. The average molecular weight is 216 g/mol. The van der Waals surface area contributed by atoms with Crippen LogP contribution in [0.25, 0.3) is 0 Å². The number of carbonyl (C=O) groups excluding carboxylic acids is 1. The molecule has 0 radical (unpaired) electrons. The van der Waals surface area contributed by atoms with Gasteiger partial charge in [0.05, 0.1) is 0 Å².